The lowest BCUT2D eigenvalue weighted by Gasteiger charge is -2.06. The average Bonchev–Trinajstić information content (AvgIpc) is 2.15. The molecule has 0 amide bonds. The van der Waals surface area contributed by atoms with Crippen LogP contribution in [0.2, 0.25) is 0 Å². The lowest BCUT2D eigenvalue weighted by atomic mass is 10.3. The van der Waals surface area contributed by atoms with Gasteiger partial charge < -0.3 is 11.1 Å². The summed E-state index contributed by atoms with van der Waals surface area (Å²) in [6.45, 7) is 4.58. The number of hydrogen-bond acceptors (Lipinski definition) is 3. The van der Waals surface area contributed by atoms with Gasteiger partial charge in [-0.3, -0.25) is 0 Å². The van der Waals surface area contributed by atoms with E-state index in [1.807, 2.05) is 19.9 Å². The summed E-state index contributed by atoms with van der Waals surface area (Å²) in [4.78, 5) is 4.19. The molecule has 3 heteroatoms. The number of nitrogen functional groups attached to an aromatic ring is 1. The van der Waals surface area contributed by atoms with Crippen LogP contribution in [-0.2, 0) is 0 Å². The van der Waals surface area contributed by atoms with Crippen molar-refractivity contribution < 1.29 is 0 Å². The largest absolute Gasteiger partial charge is 0.396 e. The molecule has 0 aliphatic carbocycles. The Morgan fingerprint density at radius 3 is 3.00 bits per heavy atom. The van der Waals surface area contributed by atoms with Crippen LogP contribution in [0.1, 0.15) is 18.9 Å². The highest BCUT2D eigenvalue weighted by Crippen LogP contribution is 2.15. The number of pyridine rings is 1. The number of aryl methyl sites for hydroxylation is 1. The first-order valence-corrected chi connectivity index (χ1v) is 4.59. The Hall–Kier alpha value is -1.69. The molecule has 0 saturated heterocycles. The smallest absolute Gasteiger partial charge is 0.149 e. The highest BCUT2D eigenvalue weighted by Gasteiger charge is 1.98. The van der Waals surface area contributed by atoms with Crippen molar-refractivity contribution >= 4 is 11.5 Å². The summed E-state index contributed by atoms with van der Waals surface area (Å²) in [5, 5.41) is 3.14. The highest BCUT2D eigenvalue weighted by molar-refractivity contribution is 5.61. The minimum atomic E-state index is 0.689. The summed E-state index contributed by atoms with van der Waals surface area (Å²) in [5.41, 5.74) is 7.54. The molecular formula is C11H15N3. The number of aromatic nitrogens is 1. The molecule has 14 heavy (non-hydrogen) atoms. The number of rotatable bonds is 3. The molecule has 0 aliphatic heterocycles. The minimum Gasteiger partial charge on any atom is -0.396 e. The Balaban J connectivity index is 2.53. The number of hydrogen-bond donors (Lipinski definition) is 2. The molecule has 1 aromatic rings. The van der Waals surface area contributed by atoms with Gasteiger partial charge in [0.2, 0.25) is 0 Å². The topological polar surface area (TPSA) is 50.9 Å². The number of anilines is 2. The number of nitrogens with one attached hydrogen (secondary N) is 1. The van der Waals surface area contributed by atoms with Crippen LogP contribution in [0.3, 0.4) is 0 Å². The van der Waals surface area contributed by atoms with Crippen molar-refractivity contribution in [2.75, 3.05) is 17.6 Å². The van der Waals surface area contributed by atoms with E-state index in [1.165, 1.54) is 0 Å². The molecule has 0 aromatic carbocycles. The third kappa shape index (κ3) is 2.98. The molecular weight excluding hydrogens is 174 g/mol. The highest BCUT2D eigenvalue weighted by atomic mass is 15.0. The van der Waals surface area contributed by atoms with Crippen molar-refractivity contribution in [1.29, 1.82) is 0 Å². The van der Waals surface area contributed by atoms with Crippen molar-refractivity contribution in [3.05, 3.63) is 17.8 Å². The van der Waals surface area contributed by atoms with Crippen LogP contribution in [0.4, 0.5) is 11.5 Å². The van der Waals surface area contributed by atoms with Gasteiger partial charge in [-0.25, -0.2) is 4.98 Å². The van der Waals surface area contributed by atoms with Crippen LogP contribution >= 0.6 is 0 Å². The van der Waals surface area contributed by atoms with E-state index in [0.717, 1.165) is 24.3 Å². The predicted octanol–water partition coefficient (Wildman–Crippen LogP) is 1.80. The maximum absolute atomic E-state index is 5.78. The summed E-state index contributed by atoms with van der Waals surface area (Å²) in [6, 6.07) is 1.90. The van der Waals surface area contributed by atoms with E-state index >= 15 is 0 Å². The fourth-order valence-electron chi connectivity index (χ4n) is 1.11. The number of nitrogens with two attached hydrogens (primary N) is 1. The zero-order valence-corrected chi connectivity index (χ0v) is 8.59. The van der Waals surface area contributed by atoms with E-state index in [9.17, 15) is 0 Å². The van der Waals surface area contributed by atoms with Crippen LogP contribution in [-0.4, -0.2) is 11.5 Å². The third-order valence-corrected chi connectivity index (χ3v) is 1.77. The van der Waals surface area contributed by atoms with E-state index < -0.39 is 0 Å². The molecule has 3 nitrogen and oxygen atoms in total. The predicted molar refractivity (Wildman–Crippen MR) is 59.9 cm³/mol. The molecule has 0 fully saturated rings. The van der Waals surface area contributed by atoms with Crippen LogP contribution in [0, 0.1) is 18.8 Å². The fourth-order valence-corrected chi connectivity index (χ4v) is 1.11. The molecule has 0 aliphatic rings. The van der Waals surface area contributed by atoms with Crippen LogP contribution in [0.15, 0.2) is 12.3 Å². The van der Waals surface area contributed by atoms with Gasteiger partial charge in [-0.2, -0.15) is 0 Å². The second kappa shape index (κ2) is 5.13. The summed E-state index contributed by atoms with van der Waals surface area (Å²) in [5.74, 6) is 6.55. The monoisotopic (exact) mass is 189 g/mol. The maximum Gasteiger partial charge on any atom is 0.149 e. The standard InChI is InChI=1S/C11H15N3/c1-3-4-5-6-13-11-10(12)7-9(2)8-14-11/h7-8H,5-6,12H2,1-2H3,(H,13,14). The van der Waals surface area contributed by atoms with Crippen molar-refractivity contribution in [3.8, 4) is 11.8 Å². The normalized spacial score (nSPS) is 9.00. The first-order valence-electron chi connectivity index (χ1n) is 4.59. The van der Waals surface area contributed by atoms with Crippen molar-refractivity contribution in [1.82, 2.24) is 4.98 Å². The van der Waals surface area contributed by atoms with Crippen LogP contribution in [0.25, 0.3) is 0 Å². The lowest BCUT2D eigenvalue weighted by molar-refractivity contribution is 1.07. The van der Waals surface area contributed by atoms with E-state index in [0.29, 0.717) is 5.69 Å². The zero-order chi connectivity index (χ0) is 10.4. The second-order valence-electron chi connectivity index (χ2n) is 3.05. The van der Waals surface area contributed by atoms with Gasteiger partial charge in [-0.05, 0) is 25.5 Å². The van der Waals surface area contributed by atoms with Gasteiger partial charge >= 0.3 is 0 Å². The molecule has 1 rings (SSSR count). The zero-order valence-electron chi connectivity index (χ0n) is 8.59. The molecule has 0 bridgehead atoms. The molecule has 1 aromatic heterocycles. The van der Waals surface area contributed by atoms with Gasteiger partial charge in [-0.15, -0.1) is 11.8 Å². The Bertz CT molecular complexity index is 361. The van der Waals surface area contributed by atoms with Gasteiger partial charge in [0, 0.05) is 19.2 Å². The Labute approximate surface area is 84.7 Å². The Morgan fingerprint density at radius 1 is 1.57 bits per heavy atom. The minimum absolute atomic E-state index is 0.689. The average molecular weight is 189 g/mol. The lowest BCUT2D eigenvalue weighted by Crippen LogP contribution is -2.05. The quantitative estimate of drug-likeness (QED) is 0.563. The SMILES string of the molecule is CC#CCCNc1ncc(C)cc1N. The molecule has 0 radical (unpaired) electrons. The van der Waals surface area contributed by atoms with E-state index in [-0.39, 0.29) is 0 Å². The molecule has 3 N–H and O–H groups in total. The summed E-state index contributed by atoms with van der Waals surface area (Å²) >= 11 is 0. The van der Waals surface area contributed by atoms with Crippen LogP contribution < -0.4 is 11.1 Å². The van der Waals surface area contributed by atoms with Gasteiger partial charge in [0.1, 0.15) is 5.82 Å². The fraction of sp³-hybridized carbons (Fsp3) is 0.364. The number of nitrogens with zero attached hydrogens (tertiary/aromatic N) is 1. The molecule has 1 heterocycles. The maximum atomic E-state index is 5.78. The molecule has 0 spiro atoms. The van der Waals surface area contributed by atoms with Gasteiger partial charge in [0.15, 0.2) is 0 Å². The Kier molecular flexibility index (Phi) is 3.81. The van der Waals surface area contributed by atoms with E-state index in [4.69, 9.17) is 5.73 Å². The third-order valence-electron chi connectivity index (χ3n) is 1.77. The first-order chi connectivity index (χ1) is 6.74. The van der Waals surface area contributed by atoms with E-state index in [1.54, 1.807) is 6.20 Å². The summed E-state index contributed by atoms with van der Waals surface area (Å²) < 4.78 is 0. The van der Waals surface area contributed by atoms with Gasteiger partial charge in [0.05, 0.1) is 5.69 Å². The van der Waals surface area contributed by atoms with Crippen molar-refractivity contribution in [2.24, 2.45) is 0 Å². The second-order valence-corrected chi connectivity index (χ2v) is 3.05. The van der Waals surface area contributed by atoms with Crippen molar-refractivity contribution in [3.63, 3.8) is 0 Å². The van der Waals surface area contributed by atoms with E-state index in [2.05, 4.69) is 22.1 Å². The molecule has 0 atom stereocenters. The summed E-state index contributed by atoms with van der Waals surface area (Å²) in [6.07, 6.45) is 2.61. The molecule has 0 saturated carbocycles. The molecule has 0 unspecified atom stereocenters. The van der Waals surface area contributed by atoms with Gasteiger partial charge in [-0.1, -0.05) is 0 Å². The molecule has 74 valence electrons. The van der Waals surface area contributed by atoms with Gasteiger partial charge in [0.25, 0.3) is 0 Å². The summed E-state index contributed by atoms with van der Waals surface area (Å²) in [7, 11) is 0. The van der Waals surface area contributed by atoms with Crippen molar-refractivity contribution in [2.45, 2.75) is 20.3 Å². The first kappa shape index (κ1) is 10.4. The van der Waals surface area contributed by atoms with Crippen LogP contribution in [0.5, 0.6) is 0 Å². The Morgan fingerprint density at radius 2 is 2.36 bits per heavy atom.